The Balaban J connectivity index is 2.11. The molecule has 0 amide bonds. The minimum atomic E-state index is -0.408. The number of ether oxygens (including phenoxy) is 1. The van der Waals surface area contributed by atoms with Gasteiger partial charge in [-0.25, -0.2) is 0 Å². The Kier molecular flexibility index (Phi) is 4.87. The number of nitrogens with zero attached hydrogens (tertiary/aromatic N) is 2. The largest absolute Gasteiger partial charge is 0.392 e. The SMILES string of the molecule is CCc1nn(CC)c(CC(O)C2COC(C)C2)c1Cl. The Labute approximate surface area is 119 Å². The van der Waals surface area contributed by atoms with Crippen LogP contribution in [0.15, 0.2) is 0 Å². The number of aryl methyl sites for hydroxylation is 2. The van der Waals surface area contributed by atoms with Crippen LogP contribution in [0.4, 0.5) is 0 Å². The van der Waals surface area contributed by atoms with E-state index in [1.165, 1.54) is 0 Å². The van der Waals surface area contributed by atoms with Gasteiger partial charge in [0.2, 0.25) is 0 Å². The number of hydrogen-bond donors (Lipinski definition) is 1. The van der Waals surface area contributed by atoms with Crippen molar-refractivity contribution in [1.82, 2.24) is 9.78 Å². The summed E-state index contributed by atoms with van der Waals surface area (Å²) in [6.07, 6.45) is 2.13. The summed E-state index contributed by atoms with van der Waals surface area (Å²) >= 11 is 6.36. The van der Waals surface area contributed by atoms with E-state index in [0.717, 1.165) is 35.8 Å². The fraction of sp³-hybridized carbons (Fsp3) is 0.786. The second-order valence-electron chi connectivity index (χ2n) is 5.29. The molecule has 0 bridgehead atoms. The van der Waals surface area contributed by atoms with Crippen molar-refractivity contribution < 1.29 is 9.84 Å². The zero-order chi connectivity index (χ0) is 14.0. The second-order valence-corrected chi connectivity index (χ2v) is 5.67. The summed E-state index contributed by atoms with van der Waals surface area (Å²) in [5.41, 5.74) is 1.87. The molecule has 4 nitrogen and oxygen atoms in total. The van der Waals surface area contributed by atoms with Crippen molar-refractivity contribution in [3.8, 4) is 0 Å². The number of rotatable bonds is 5. The summed E-state index contributed by atoms with van der Waals surface area (Å²) in [5, 5.41) is 15.6. The summed E-state index contributed by atoms with van der Waals surface area (Å²) in [5.74, 6) is 0.205. The average molecular weight is 287 g/mol. The van der Waals surface area contributed by atoms with Crippen LogP contribution in [-0.2, 0) is 24.1 Å². The maximum atomic E-state index is 10.4. The van der Waals surface area contributed by atoms with E-state index in [1.807, 2.05) is 25.5 Å². The molecular weight excluding hydrogens is 264 g/mol. The molecule has 0 aromatic carbocycles. The molecule has 0 spiro atoms. The predicted octanol–water partition coefficient (Wildman–Crippen LogP) is 2.45. The molecule has 1 fully saturated rings. The van der Waals surface area contributed by atoms with Crippen molar-refractivity contribution in [3.05, 3.63) is 16.4 Å². The lowest BCUT2D eigenvalue weighted by molar-refractivity contribution is 0.0795. The molecule has 1 aliphatic heterocycles. The lowest BCUT2D eigenvalue weighted by Gasteiger charge is -2.17. The first-order valence-electron chi connectivity index (χ1n) is 7.10. The predicted molar refractivity (Wildman–Crippen MR) is 75.5 cm³/mol. The third-order valence-corrected chi connectivity index (χ3v) is 4.31. The van der Waals surface area contributed by atoms with Gasteiger partial charge in [-0.3, -0.25) is 4.68 Å². The molecule has 1 aliphatic rings. The zero-order valence-electron chi connectivity index (χ0n) is 11.9. The van der Waals surface area contributed by atoms with Gasteiger partial charge < -0.3 is 9.84 Å². The van der Waals surface area contributed by atoms with Gasteiger partial charge in [-0.05, 0) is 26.7 Å². The van der Waals surface area contributed by atoms with Crippen LogP contribution >= 0.6 is 11.6 Å². The van der Waals surface area contributed by atoms with E-state index in [0.29, 0.717) is 13.0 Å². The smallest absolute Gasteiger partial charge is 0.0850 e. The number of aromatic nitrogens is 2. The van der Waals surface area contributed by atoms with Gasteiger partial charge in [0, 0.05) is 18.9 Å². The molecule has 19 heavy (non-hydrogen) atoms. The van der Waals surface area contributed by atoms with Gasteiger partial charge in [-0.15, -0.1) is 0 Å². The van der Waals surface area contributed by atoms with Gasteiger partial charge in [0.15, 0.2) is 0 Å². The second kappa shape index (κ2) is 6.25. The van der Waals surface area contributed by atoms with E-state index in [1.54, 1.807) is 0 Å². The molecule has 0 radical (unpaired) electrons. The highest BCUT2D eigenvalue weighted by molar-refractivity contribution is 6.31. The van der Waals surface area contributed by atoms with Gasteiger partial charge in [0.1, 0.15) is 0 Å². The number of halogens is 1. The third-order valence-electron chi connectivity index (χ3n) is 3.87. The van der Waals surface area contributed by atoms with Gasteiger partial charge in [0.25, 0.3) is 0 Å². The lowest BCUT2D eigenvalue weighted by atomic mass is 9.96. The van der Waals surface area contributed by atoms with Crippen LogP contribution < -0.4 is 0 Å². The van der Waals surface area contributed by atoms with Gasteiger partial charge in [0.05, 0.1) is 35.2 Å². The van der Waals surface area contributed by atoms with Crippen molar-refractivity contribution >= 4 is 11.6 Å². The van der Waals surface area contributed by atoms with Gasteiger partial charge in [-0.1, -0.05) is 18.5 Å². The molecule has 3 unspecified atom stereocenters. The molecule has 3 atom stereocenters. The number of hydrogen-bond acceptors (Lipinski definition) is 3. The molecule has 0 saturated carbocycles. The molecule has 1 N–H and O–H groups in total. The molecule has 1 saturated heterocycles. The highest BCUT2D eigenvalue weighted by Crippen LogP contribution is 2.28. The highest BCUT2D eigenvalue weighted by atomic mass is 35.5. The van der Waals surface area contributed by atoms with Crippen molar-refractivity contribution in [1.29, 1.82) is 0 Å². The summed E-state index contributed by atoms with van der Waals surface area (Å²) in [6.45, 7) is 7.55. The first-order chi connectivity index (χ1) is 9.06. The van der Waals surface area contributed by atoms with Crippen LogP contribution in [-0.4, -0.2) is 33.7 Å². The third kappa shape index (κ3) is 3.12. The van der Waals surface area contributed by atoms with Crippen molar-refractivity contribution in [2.75, 3.05) is 6.61 Å². The standard InChI is InChI=1S/C14H23ClN2O2/c1-4-11-14(15)12(17(5-2)16-11)7-13(18)10-6-9(3)19-8-10/h9-10,13,18H,4-8H2,1-3H3. The van der Waals surface area contributed by atoms with Crippen LogP contribution in [0.1, 0.15) is 38.6 Å². The Morgan fingerprint density at radius 2 is 2.26 bits per heavy atom. The van der Waals surface area contributed by atoms with Crippen LogP contribution in [0, 0.1) is 5.92 Å². The minimum absolute atomic E-state index is 0.205. The Bertz CT molecular complexity index is 433. The monoisotopic (exact) mass is 286 g/mol. The van der Waals surface area contributed by atoms with E-state index in [-0.39, 0.29) is 12.0 Å². The highest BCUT2D eigenvalue weighted by Gasteiger charge is 2.30. The summed E-state index contributed by atoms with van der Waals surface area (Å²) in [6, 6.07) is 0. The van der Waals surface area contributed by atoms with Crippen molar-refractivity contribution in [2.45, 2.75) is 58.8 Å². The molecule has 2 heterocycles. The molecule has 108 valence electrons. The first kappa shape index (κ1) is 14.8. The fourth-order valence-electron chi connectivity index (χ4n) is 2.70. The summed E-state index contributed by atoms with van der Waals surface area (Å²) in [4.78, 5) is 0. The van der Waals surface area contributed by atoms with E-state index < -0.39 is 6.10 Å². The quantitative estimate of drug-likeness (QED) is 0.904. The van der Waals surface area contributed by atoms with Crippen molar-refractivity contribution in [3.63, 3.8) is 0 Å². The first-order valence-corrected chi connectivity index (χ1v) is 7.48. The van der Waals surface area contributed by atoms with Crippen molar-refractivity contribution in [2.24, 2.45) is 5.92 Å². The normalized spacial score (nSPS) is 24.9. The Hall–Kier alpha value is -0.580. The molecule has 2 rings (SSSR count). The van der Waals surface area contributed by atoms with E-state index in [4.69, 9.17) is 16.3 Å². The molecule has 1 aromatic rings. The fourth-order valence-corrected chi connectivity index (χ4v) is 3.04. The zero-order valence-corrected chi connectivity index (χ0v) is 12.7. The maximum Gasteiger partial charge on any atom is 0.0850 e. The van der Waals surface area contributed by atoms with Crippen LogP contribution in [0.3, 0.4) is 0 Å². The average Bonchev–Trinajstić information content (AvgIpc) is 2.95. The number of aliphatic hydroxyl groups is 1. The lowest BCUT2D eigenvalue weighted by Crippen LogP contribution is -2.24. The topological polar surface area (TPSA) is 47.3 Å². The Morgan fingerprint density at radius 3 is 2.79 bits per heavy atom. The van der Waals surface area contributed by atoms with E-state index in [2.05, 4.69) is 5.10 Å². The van der Waals surface area contributed by atoms with Crippen LogP contribution in [0.25, 0.3) is 0 Å². The molecule has 1 aromatic heterocycles. The Morgan fingerprint density at radius 1 is 1.53 bits per heavy atom. The van der Waals surface area contributed by atoms with Gasteiger partial charge in [-0.2, -0.15) is 5.10 Å². The summed E-state index contributed by atoms with van der Waals surface area (Å²) < 4.78 is 7.43. The molecule has 5 heteroatoms. The van der Waals surface area contributed by atoms with Gasteiger partial charge >= 0.3 is 0 Å². The van der Waals surface area contributed by atoms with E-state index >= 15 is 0 Å². The van der Waals surface area contributed by atoms with Crippen LogP contribution in [0.5, 0.6) is 0 Å². The number of aliphatic hydroxyl groups excluding tert-OH is 1. The minimum Gasteiger partial charge on any atom is -0.392 e. The molecule has 0 aliphatic carbocycles. The van der Waals surface area contributed by atoms with Crippen LogP contribution in [0.2, 0.25) is 5.02 Å². The maximum absolute atomic E-state index is 10.4. The summed E-state index contributed by atoms with van der Waals surface area (Å²) in [7, 11) is 0. The van der Waals surface area contributed by atoms with E-state index in [9.17, 15) is 5.11 Å². The molecular formula is C14H23ClN2O2.